The molecule has 0 saturated carbocycles. The number of aldehydes is 1. The molecule has 0 aromatic rings. The number of hydrogen-bond acceptors (Lipinski definition) is 4. The molecule has 0 fully saturated rings. The van der Waals surface area contributed by atoms with Gasteiger partial charge in [-0.2, -0.15) is 0 Å². The van der Waals surface area contributed by atoms with Crippen molar-refractivity contribution in [3.05, 3.63) is 12.7 Å². The minimum Gasteiger partial charge on any atom is -0.811 e. The number of allylic oxidation sites excluding steroid dienone is 1. The summed E-state index contributed by atoms with van der Waals surface area (Å²) in [6, 6.07) is 0. The topological polar surface area (TPSA) is 63.2 Å². The van der Waals surface area contributed by atoms with Gasteiger partial charge >= 0.3 is 59.1 Å². The summed E-state index contributed by atoms with van der Waals surface area (Å²) >= 11 is -0.750. The molecule has 0 atom stereocenters. The van der Waals surface area contributed by atoms with Crippen molar-refractivity contribution in [2.75, 3.05) is 0 Å². The smallest absolute Gasteiger partial charge is 0.811 e. The molecule has 0 bridgehead atoms. The first-order chi connectivity index (χ1) is 3.33. The number of carbonyl (C=O) groups is 1. The van der Waals surface area contributed by atoms with Crippen LogP contribution in [-0.4, -0.2) is 15.4 Å². The van der Waals surface area contributed by atoms with E-state index in [1.54, 1.807) is 0 Å². The summed E-state index contributed by atoms with van der Waals surface area (Å²) in [7, 11) is 0. The molecule has 42 valence electrons. The minimum absolute atomic E-state index is 0. The molecule has 0 saturated heterocycles. The molecule has 0 unspecified atom stereocenters. The molecule has 9 heavy (non-hydrogen) atoms. The fraction of sp³-hybridized carbons (Fsp3) is 0. The molecule has 0 N–H and O–H groups in total. The molecule has 0 aliphatic heterocycles. The van der Waals surface area contributed by atoms with Gasteiger partial charge in [0.1, 0.15) is 6.29 Å². The van der Waals surface area contributed by atoms with Crippen LogP contribution in [0.4, 0.5) is 0 Å². The van der Waals surface area contributed by atoms with Crippen LogP contribution in [0.15, 0.2) is 12.7 Å². The Bertz CT molecular complexity index is 46.3. The Morgan fingerprint density at radius 1 is 1.33 bits per heavy atom. The van der Waals surface area contributed by atoms with E-state index in [4.69, 9.17) is 13.9 Å². The maximum absolute atomic E-state index is 9.06. The van der Waals surface area contributed by atoms with E-state index >= 15 is 0 Å². The fourth-order valence-corrected chi connectivity index (χ4v) is 0. The van der Waals surface area contributed by atoms with Gasteiger partial charge in [0.2, 0.25) is 0 Å². The van der Waals surface area contributed by atoms with Gasteiger partial charge in [-0.25, -0.2) is 0 Å². The zero-order valence-corrected chi connectivity index (χ0v) is 10.3. The minimum atomic E-state index is -0.750. The third-order valence-corrected chi connectivity index (χ3v) is 0.0962. The van der Waals surface area contributed by atoms with Gasteiger partial charge in [-0.1, -0.05) is 6.58 Å². The van der Waals surface area contributed by atoms with Crippen LogP contribution in [0.1, 0.15) is 0 Å². The Morgan fingerprint density at radius 2 is 1.44 bits per heavy atom. The van der Waals surface area contributed by atoms with E-state index < -0.39 is 12.3 Å². The standard InChI is InChI=1S/C3H4O.2Na.H2O2S/c1-2-3-4;;;1-3-2/h2-3H,1H2;;;1-2H/q;2*+1;/p-2. The van der Waals surface area contributed by atoms with Crippen molar-refractivity contribution < 1.29 is 73.0 Å². The molecule has 0 amide bonds. The molecule has 0 heterocycles. The summed E-state index contributed by atoms with van der Waals surface area (Å²) in [6.45, 7) is 3.11. The molecule has 0 rings (SSSR count). The summed E-state index contributed by atoms with van der Waals surface area (Å²) in [5.41, 5.74) is 0. The maximum Gasteiger partial charge on any atom is 1.00 e. The second kappa shape index (κ2) is 33.3. The van der Waals surface area contributed by atoms with E-state index in [0.717, 1.165) is 0 Å². The summed E-state index contributed by atoms with van der Waals surface area (Å²) in [5, 5.41) is 0. The first-order valence-electron chi connectivity index (χ1n) is 1.31. The van der Waals surface area contributed by atoms with Gasteiger partial charge in [-0.05, 0) is 6.08 Å². The Balaban J connectivity index is -0.0000000233. The SMILES string of the molecule is C=CC=O.[Na+].[Na+].[O-]S[O-]. The van der Waals surface area contributed by atoms with Crippen molar-refractivity contribution in [2.45, 2.75) is 0 Å². The second-order valence-electron chi connectivity index (χ2n) is 0.440. The van der Waals surface area contributed by atoms with Crippen LogP contribution in [0.2, 0.25) is 0 Å². The van der Waals surface area contributed by atoms with E-state index in [1.807, 2.05) is 0 Å². The maximum atomic E-state index is 9.06. The van der Waals surface area contributed by atoms with Crippen molar-refractivity contribution in [3.63, 3.8) is 0 Å². The number of hydrogen-bond donors (Lipinski definition) is 0. The Morgan fingerprint density at radius 3 is 1.44 bits per heavy atom. The average Bonchev–Trinajstić information content (AvgIpc) is 1.69. The largest absolute Gasteiger partial charge is 1.00 e. The van der Waals surface area contributed by atoms with Gasteiger partial charge in [0, 0.05) is 0 Å². The van der Waals surface area contributed by atoms with E-state index in [9.17, 15) is 0 Å². The van der Waals surface area contributed by atoms with Gasteiger partial charge in [0.15, 0.2) is 0 Å². The van der Waals surface area contributed by atoms with Crippen molar-refractivity contribution >= 4 is 18.6 Å². The Hall–Kier alpha value is 1.68. The quantitative estimate of drug-likeness (QED) is 0.168. The number of rotatable bonds is 1. The van der Waals surface area contributed by atoms with Crippen LogP contribution >= 0.6 is 12.3 Å². The first kappa shape index (κ1) is 22.4. The van der Waals surface area contributed by atoms with Crippen LogP contribution < -0.4 is 59.1 Å². The second-order valence-corrected chi connectivity index (χ2v) is 0.576. The molecule has 0 aliphatic rings. The monoisotopic (exact) mass is 166 g/mol. The van der Waals surface area contributed by atoms with Gasteiger partial charge in [-0.3, -0.25) is 4.79 Å². The van der Waals surface area contributed by atoms with E-state index in [1.165, 1.54) is 6.08 Å². The summed E-state index contributed by atoms with van der Waals surface area (Å²) in [6.07, 6.45) is 1.83. The predicted octanol–water partition coefficient (Wildman–Crippen LogP) is -5.64. The third-order valence-electron chi connectivity index (χ3n) is 0.0962. The van der Waals surface area contributed by atoms with Crippen molar-refractivity contribution in [1.82, 2.24) is 0 Å². The van der Waals surface area contributed by atoms with Gasteiger partial charge < -0.3 is 21.4 Å². The first-order valence-corrected chi connectivity index (χ1v) is 1.98. The average molecular weight is 166 g/mol. The van der Waals surface area contributed by atoms with Gasteiger partial charge in [-0.15, -0.1) is 0 Å². The fourth-order valence-electron chi connectivity index (χ4n) is 0. The number of carbonyl (C=O) groups excluding carboxylic acids is 1. The van der Waals surface area contributed by atoms with Crippen molar-refractivity contribution in [1.29, 1.82) is 0 Å². The van der Waals surface area contributed by atoms with E-state index in [2.05, 4.69) is 6.58 Å². The van der Waals surface area contributed by atoms with E-state index in [0.29, 0.717) is 6.29 Å². The van der Waals surface area contributed by atoms with Gasteiger partial charge in [0.05, 0.1) is 0 Å². The van der Waals surface area contributed by atoms with Gasteiger partial charge in [0.25, 0.3) is 0 Å². The molecule has 0 radical (unpaired) electrons. The molecular weight excluding hydrogens is 162 g/mol. The molecule has 0 aliphatic carbocycles. The molecule has 3 nitrogen and oxygen atoms in total. The third kappa shape index (κ3) is 79.5. The van der Waals surface area contributed by atoms with Crippen LogP contribution in [-0.2, 0) is 4.79 Å². The van der Waals surface area contributed by atoms with E-state index in [-0.39, 0.29) is 59.1 Å². The Kier molecular flexibility index (Phi) is 83.0. The van der Waals surface area contributed by atoms with Crippen LogP contribution in [0.5, 0.6) is 0 Å². The molecule has 6 heteroatoms. The van der Waals surface area contributed by atoms with Crippen molar-refractivity contribution in [2.24, 2.45) is 0 Å². The zero-order chi connectivity index (χ0) is 6.12. The molecule has 0 aromatic heterocycles. The molecule has 0 aromatic carbocycles. The summed E-state index contributed by atoms with van der Waals surface area (Å²) in [4.78, 5) is 9.06. The zero-order valence-electron chi connectivity index (χ0n) is 5.49. The summed E-state index contributed by atoms with van der Waals surface area (Å²) in [5.74, 6) is 0. The van der Waals surface area contributed by atoms with Crippen LogP contribution in [0.25, 0.3) is 0 Å². The Labute approximate surface area is 103 Å². The van der Waals surface area contributed by atoms with Crippen LogP contribution in [0, 0.1) is 0 Å². The van der Waals surface area contributed by atoms with Crippen molar-refractivity contribution in [3.8, 4) is 0 Å². The normalized spacial score (nSPS) is 4.22. The summed E-state index contributed by atoms with van der Waals surface area (Å²) < 4.78 is 16.6. The predicted molar refractivity (Wildman–Crippen MR) is 25.4 cm³/mol. The van der Waals surface area contributed by atoms with Crippen LogP contribution in [0.3, 0.4) is 0 Å². The molecule has 0 spiro atoms. The molecular formula is C3H4Na2O3S.